The predicted octanol–water partition coefficient (Wildman–Crippen LogP) is -0.264. The Morgan fingerprint density at radius 1 is 1.62 bits per heavy atom. The summed E-state index contributed by atoms with van der Waals surface area (Å²) in [5.41, 5.74) is 4.90. The number of nitrogens with two attached hydrogens (primary N) is 1. The largest absolute Gasteiger partial charge is 0.314 e. The van der Waals surface area contributed by atoms with Crippen LogP contribution in [-0.4, -0.2) is 49.5 Å². The van der Waals surface area contributed by atoms with Crippen molar-refractivity contribution in [2.45, 2.75) is 31.8 Å². The van der Waals surface area contributed by atoms with Crippen LogP contribution in [0.2, 0.25) is 0 Å². The molecule has 0 saturated carbocycles. The van der Waals surface area contributed by atoms with Crippen molar-refractivity contribution in [1.82, 2.24) is 4.90 Å². The van der Waals surface area contributed by atoms with Crippen LogP contribution in [0.15, 0.2) is 0 Å². The van der Waals surface area contributed by atoms with E-state index in [-0.39, 0.29) is 17.5 Å². The quantitative estimate of drug-likeness (QED) is 0.740. The first-order valence-electron chi connectivity index (χ1n) is 5.40. The second-order valence-electron chi connectivity index (χ2n) is 4.78. The Balaban J connectivity index is 2.50. The molecule has 2 N–H and O–H groups in total. The first-order chi connectivity index (χ1) is 7.26. The van der Waals surface area contributed by atoms with Crippen LogP contribution in [0.3, 0.4) is 0 Å². The molecule has 0 aromatic heterocycles. The molecular weight excluding hydrogens is 226 g/mol. The second-order valence-corrected chi connectivity index (χ2v) is 7.01. The smallest absolute Gasteiger partial charge is 0.153 e. The summed E-state index contributed by atoms with van der Waals surface area (Å²) in [5, 5.41) is 8.78. The number of sulfone groups is 1. The Morgan fingerprint density at radius 2 is 2.25 bits per heavy atom. The van der Waals surface area contributed by atoms with Crippen LogP contribution in [0.4, 0.5) is 0 Å². The SMILES string of the molecule is CC1CS(=O)(=O)CCN1CCC(C)(N)C#N. The van der Waals surface area contributed by atoms with Crippen LogP contribution < -0.4 is 5.73 Å². The first kappa shape index (κ1) is 13.4. The topological polar surface area (TPSA) is 87.2 Å². The Bertz CT molecular complexity index is 383. The summed E-state index contributed by atoms with van der Waals surface area (Å²) >= 11 is 0. The fraction of sp³-hybridized carbons (Fsp3) is 0.900. The van der Waals surface area contributed by atoms with Crippen molar-refractivity contribution in [3.05, 3.63) is 0 Å². The van der Waals surface area contributed by atoms with Gasteiger partial charge in [0, 0.05) is 19.1 Å². The van der Waals surface area contributed by atoms with Crippen LogP contribution >= 0.6 is 0 Å². The van der Waals surface area contributed by atoms with Crippen molar-refractivity contribution in [1.29, 1.82) is 5.26 Å². The summed E-state index contributed by atoms with van der Waals surface area (Å²) in [7, 11) is -2.86. The molecule has 0 spiro atoms. The standard InChI is InChI=1S/C10H19N3O2S/c1-9-7-16(14,15)6-5-13(9)4-3-10(2,12)8-11/h9H,3-7,12H2,1-2H3. The van der Waals surface area contributed by atoms with E-state index in [4.69, 9.17) is 11.0 Å². The maximum absolute atomic E-state index is 11.4. The van der Waals surface area contributed by atoms with Crippen LogP contribution in [0.25, 0.3) is 0 Å². The van der Waals surface area contributed by atoms with E-state index < -0.39 is 15.4 Å². The molecule has 0 bridgehead atoms. The molecule has 1 heterocycles. The molecule has 0 radical (unpaired) electrons. The minimum absolute atomic E-state index is 0.0215. The highest BCUT2D eigenvalue weighted by Crippen LogP contribution is 2.14. The molecule has 1 saturated heterocycles. The summed E-state index contributed by atoms with van der Waals surface area (Å²) in [5.74, 6) is 0.423. The van der Waals surface area contributed by atoms with E-state index >= 15 is 0 Å². The maximum Gasteiger partial charge on any atom is 0.153 e. The average molecular weight is 245 g/mol. The van der Waals surface area contributed by atoms with Crippen molar-refractivity contribution >= 4 is 9.84 Å². The van der Waals surface area contributed by atoms with Crippen molar-refractivity contribution in [3.63, 3.8) is 0 Å². The zero-order valence-electron chi connectivity index (χ0n) is 9.81. The Morgan fingerprint density at radius 3 is 2.75 bits per heavy atom. The second kappa shape index (κ2) is 4.70. The van der Waals surface area contributed by atoms with Crippen molar-refractivity contribution in [2.24, 2.45) is 5.73 Å². The summed E-state index contributed by atoms with van der Waals surface area (Å²) < 4.78 is 22.7. The lowest BCUT2D eigenvalue weighted by Crippen LogP contribution is -2.49. The number of nitrogens with zero attached hydrogens (tertiary/aromatic N) is 2. The molecule has 0 amide bonds. The Kier molecular flexibility index (Phi) is 3.94. The number of hydrogen-bond donors (Lipinski definition) is 1. The molecule has 1 fully saturated rings. The van der Waals surface area contributed by atoms with E-state index in [1.165, 1.54) is 0 Å². The van der Waals surface area contributed by atoms with Crippen LogP contribution in [0, 0.1) is 11.3 Å². The lowest BCUT2D eigenvalue weighted by atomic mass is 10.0. The van der Waals surface area contributed by atoms with Crippen molar-refractivity contribution in [3.8, 4) is 6.07 Å². The summed E-state index contributed by atoms with van der Waals surface area (Å²) in [6, 6.07) is 2.07. The average Bonchev–Trinajstić information content (AvgIpc) is 2.15. The monoisotopic (exact) mass is 245 g/mol. The zero-order chi connectivity index (χ0) is 12.4. The molecule has 0 aromatic rings. The third kappa shape index (κ3) is 3.74. The van der Waals surface area contributed by atoms with Gasteiger partial charge >= 0.3 is 0 Å². The third-order valence-electron chi connectivity index (χ3n) is 2.98. The zero-order valence-corrected chi connectivity index (χ0v) is 10.6. The molecule has 6 heteroatoms. The summed E-state index contributed by atoms with van der Waals surface area (Å²) in [6.07, 6.45) is 0.563. The molecule has 5 nitrogen and oxygen atoms in total. The molecule has 1 aliphatic rings. The van der Waals surface area contributed by atoms with Gasteiger partial charge < -0.3 is 5.73 Å². The highest BCUT2D eigenvalue weighted by atomic mass is 32.2. The minimum Gasteiger partial charge on any atom is -0.314 e. The third-order valence-corrected chi connectivity index (χ3v) is 4.78. The van der Waals surface area contributed by atoms with Crippen LogP contribution in [-0.2, 0) is 9.84 Å². The fourth-order valence-corrected chi connectivity index (χ4v) is 3.42. The van der Waals surface area contributed by atoms with Gasteiger partial charge in [0.2, 0.25) is 0 Å². The van der Waals surface area contributed by atoms with E-state index in [1.807, 2.05) is 13.0 Å². The molecule has 1 rings (SSSR count). The molecule has 92 valence electrons. The molecular formula is C10H19N3O2S. The first-order valence-corrected chi connectivity index (χ1v) is 7.22. The van der Waals surface area contributed by atoms with Gasteiger partial charge in [0.05, 0.1) is 17.6 Å². The number of nitriles is 1. The van der Waals surface area contributed by atoms with Crippen LogP contribution in [0.5, 0.6) is 0 Å². The van der Waals surface area contributed by atoms with Gasteiger partial charge in [-0.25, -0.2) is 8.42 Å². The lowest BCUT2D eigenvalue weighted by Gasteiger charge is -2.34. The van der Waals surface area contributed by atoms with Gasteiger partial charge in [-0.2, -0.15) is 5.26 Å². The fourth-order valence-electron chi connectivity index (χ4n) is 1.80. The predicted molar refractivity (Wildman–Crippen MR) is 62.5 cm³/mol. The highest BCUT2D eigenvalue weighted by molar-refractivity contribution is 7.91. The highest BCUT2D eigenvalue weighted by Gasteiger charge is 2.29. The molecule has 16 heavy (non-hydrogen) atoms. The minimum atomic E-state index is -2.86. The number of hydrogen-bond acceptors (Lipinski definition) is 5. The van der Waals surface area contributed by atoms with Crippen molar-refractivity contribution in [2.75, 3.05) is 24.6 Å². The van der Waals surface area contributed by atoms with Gasteiger partial charge in [-0.05, 0) is 20.3 Å². The van der Waals surface area contributed by atoms with Gasteiger partial charge in [0.1, 0.15) is 5.54 Å². The van der Waals surface area contributed by atoms with Gasteiger partial charge in [-0.3, -0.25) is 4.90 Å². The molecule has 0 aliphatic carbocycles. The normalized spacial score (nSPS) is 29.2. The maximum atomic E-state index is 11.4. The Hall–Kier alpha value is -0.640. The molecule has 2 atom stereocenters. The summed E-state index contributed by atoms with van der Waals surface area (Å²) in [4.78, 5) is 2.09. The number of rotatable bonds is 3. The van der Waals surface area contributed by atoms with Crippen molar-refractivity contribution < 1.29 is 8.42 Å². The van der Waals surface area contributed by atoms with Gasteiger partial charge in [0.25, 0.3) is 0 Å². The van der Waals surface area contributed by atoms with Gasteiger partial charge in [-0.1, -0.05) is 0 Å². The molecule has 0 aromatic carbocycles. The van der Waals surface area contributed by atoms with E-state index in [0.717, 1.165) is 0 Å². The lowest BCUT2D eigenvalue weighted by molar-refractivity contribution is 0.213. The van der Waals surface area contributed by atoms with Crippen LogP contribution in [0.1, 0.15) is 20.3 Å². The van der Waals surface area contributed by atoms with Gasteiger partial charge in [0.15, 0.2) is 9.84 Å². The van der Waals surface area contributed by atoms with E-state index in [9.17, 15) is 8.42 Å². The Labute approximate surface area is 97.1 Å². The van der Waals surface area contributed by atoms with E-state index in [2.05, 4.69) is 4.90 Å². The van der Waals surface area contributed by atoms with E-state index in [0.29, 0.717) is 19.5 Å². The van der Waals surface area contributed by atoms with E-state index in [1.54, 1.807) is 6.92 Å². The summed E-state index contributed by atoms with van der Waals surface area (Å²) in [6.45, 7) is 4.82. The van der Waals surface area contributed by atoms with Gasteiger partial charge in [-0.15, -0.1) is 0 Å². The molecule has 1 aliphatic heterocycles. The molecule has 2 unspecified atom stereocenters.